The first-order valence-electron chi connectivity index (χ1n) is 17.0. The second-order valence-electron chi connectivity index (χ2n) is 12.7. The minimum absolute atomic E-state index is 0.939. The molecule has 9 aromatic rings. The molecule has 0 unspecified atom stereocenters. The van der Waals surface area contributed by atoms with Crippen molar-refractivity contribution in [2.45, 2.75) is 4.90 Å². The number of para-hydroxylation sites is 1. The van der Waals surface area contributed by atoms with E-state index in [-0.39, 0.29) is 0 Å². The predicted molar refractivity (Wildman–Crippen MR) is 217 cm³/mol. The lowest BCUT2D eigenvalue weighted by molar-refractivity contribution is 1.28. The van der Waals surface area contributed by atoms with Gasteiger partial charge >= 0.3 is 0 Å². The summed E-state index contributed by atoms with van der Waals surface area (Å²) in [4.78, 5) is 3.27. The minimum Gasteiger partial charge on any atom is -0.310 e. The molecule has 0 aliphatic carbocycles. The summed E-state index contributed by atoms with van der Waals surface area (Å²) < 4.78 is 0. The van der Waals surface area contributed by atoms with Gasteiger partial charge in [-0.1, -0.05) is 140 Å². The summed E-state index contributed by atoms with van der Waals surface area (Å²) in [7, 11) is 0. The van der Waals surface area contributed by atoms with Crippen LogP contribution in [0.5, 0.6) is 0 Å². The minimum atomic E-state index is 0.939. The van der Waals surface area contributed by atoms with Crippen molar-refractivity contribution in [3.05, 3.63) is 194 Å². The van der Waals surface area contributed by atoms with E-state index in [9.17, 15) is 0 Å². The Morgan fingerprint density at radius 3 is 1.44 bits per heavy atom. The zero-order chi connectivity index (χ0) is 33.4. The molecule has 0 fully saturated rings. The van der Waals surface area contributed by atoms with E-state index in [1.807, 2.05) is 0 Å². The average molecular weight is 656 g/mol. The Kier molecular flexibility index (Phi) is 7.65. The molecule has 0 aliphatic rings. The van der Waals surface area contributed by atoms with Crippen molar-refractivity contribution in [2.24, 2.45) is 0 Å². The molecule has 0 saturated carbocycles. The van der Waals surface area contributed by atoms with E-state index >= 15 is 0 Å². The Bertz CT molecular complexity index is 2620. The lowest BCUT2D eigenvalue weighted by Crippen LogP contribution is -2.09. The van der Waals surface area contributed by atoms with Gasteiger partial charge < -0.3 is 4.90 Å². The fourth-order valence-corrected chi connectivity index (χ4v) is 7.65. The molecular formula is C48H33NS. The van der Waals surface area contributed by atoms with E-state index in [4.69, 9.17) is 0 Å². The molecule has 9 rings (SSSR count). The predicted octanol–water partition coefficient (Wildman–Crippen LogP) is 13.9. The van der Waals surface area contributed by atoms with E-state index in [2.05, 4.69) is 212 Å². The van der Waals surface area contributed by atoms with Gasteiger partial charge in [-0.05, 0) is 120 Å². The standard InChI is InChI=1S/C48H33NS/c50-39-28-25-37(26-29-39)49(36-21-11-4-12-22-36)38-27-30-42-45(31-38)40-23-13-14-24-41(40)47-44(34-17-7-2-8-18-34)32-43(33-15-5-1-6-16-33)46(48(42)47)35-19-9-3-10-20-35/h1-32,50H. The Morgan fingerprint density at radius 2 is 0.800 bits per heavy atom. The highest BCUT2D eigenvalue weighted by atomic mass is 32.1. The van der Waals surface area contributed by atoms with Crippen molar-refractivity contribution < 1.29 is 0 Å². The second kappa shape index (κ2) is 12.7. The molecule has 9 aromatic carbocycles. The number of anilines is 3. The summed E-state index contributed by atoms with van der Waals surface area (Å²) in [6.45, 7) is 0. The monoisotopic (exact) mass is 655 g/mol. The number of hydrogen-bond acceptors (Lipinski definition) is 2. The summed E-state index contributed by atoms with van der Waals surface area (Å²) in [6.07, 6.45) is 0. The molecule has 0 radical (unpaired) electrons. The molecule has 0 atom stereocenters. The maximum absolute atomic E-state index is 4.59. The summed E-state index contributed by atoms with van der Waals surface area (Å²) in [5.41, 5.74) is 10.6. The molecule has 0 saturated heterocycles. The van der Waals surface area contributed by atoms with Gasteiger partial charge in [0.05, 0.1) is 0 Å². The van der Waals surface area contributed by atoms with Gasteiger partial charge in [-0.2, -0.15) is 0 Å². The maximum atomic E-state index is 4.59. The van der Waals surface area contributed by atoms with E-state index < -0.39 is 0 Å². The smallest absolute Gasteiger partial charge is 0.0468 e. The highest BCUT2D eigenvalue weighted by Gasteiger charge is 2.22. The normalized spacial score (nSPS) is 11.3. The molecule has 0 aromatic heterocycles. The zero-order valence-corrected chi connectivity index (χ0v) is 28.3. The average Bonchev–Trinajstić information content (AvgIpc) is 3.19. The van der Waals surface area contributed by atoms with Crippen LogP contribution in [0.25, 0.3) is 65.7 Å². The van der Waals surface area contributed by atoms with Crippen LogP contribution < -0.4 is 4.90 Å². The molecule has 0 N–H and O–H groups in total. The van der Waals surface area contributed by atoms with Crippen molar-refractivity contribution in [3.8, 4) is 33.4 Å². The molecule has 2 heteroatoms. The number of rotatable bonds is 6. The van der Waals surface area contributed by atoms with Crippen molar-refractivity contribution in [3.63, 3.8) is 0 Å². The topological polar surface area (TPSA) is 3.24 Å². The van der Waals surface area contributed by atoms with E-state index in [1.165, 1.54) is 65.7 Å². The van der Waals surface area contributed by atoms with Gasteiger partial charge in [0.25, 0.3) is 0 Å². The number of hydrogen-bond donors (Lipinski definition) is 1. The second-order valence-corrected chi connectivity index (χ2v) is 13.2. The zero-order valence-electron chi connectivity index (χ0n) is 27.4. The largest absolute Gasteiger partial charge is 0.310 e. The lowest BCUT2D eigenvalue weighted by Gasteiger charge is -2.27. The van der Waals surface area contributed by atoms with Crippen LogP contribution in [0, 0.1) is 0 Å². The number of nitrogens with zero attached hydrogens (tertiary/aromatic N) is 1. The number of benzene rings is 9. The SMILES string of the molecule is Sc1ccc(N(c2ccccc2)c2ccc3c(c2)c2ccccc2c2c(-c4ccccc4)cc(-c4ccccc4)c(-c4ccccc4)c32)cc1. The first kappa shape index (κ1) is 30.0. The fourth-order valence-electron chi connectivity index (χ4n) is 7.50. The summed E-state index contributed by atoms with van der Waals surface area (Å²) in [6, 6.07) is 70.0. The molecule has 0 aliphatic heterocycles. The van der Waals surface area contributed by atoms with E-state index in [1.54, 1.807) is 0 Å². The summed E-state index contributed by atoms with van der Waals surface area (Å²) in [5.74, 6) is 0. The Morgan fingerprint density at radius 1 is 0.320 bits per heavy atom. The molecule has 50 heavy (non-hydrogen) atoms. The molecule has 1 nitrogen and oxygen atoms in total. The Labute approximate surface area is 298 Å². The van der Waals surface area contributed by atoms with Gasteiger partial charge in [0.15, 0.2) is 0 Å². The van der Waals surface area contributed by atoms with Crippen LogP contribution in [0.2, 0.25) is 0 Å². The maximum Gasteiger partial charge on any atom is 0.0468 e. The van der Waals surface area contributed by atoms with Crippen molar-refractivity contribution in [1.82, 2.24) is 0 Å². The Balaban J connectivity index is 1.46. The van der Waals surface area contributed by atoms with E-state index in [0.29, 0.717) is 0 Å². The first-order valence-corrected chi connectivity index (χ1v) is 17.4. The van der Waals surface area contributed by atoms with Crippen molar-refractivity contribution >= 4 is 62.0 Å². The van der Waals surface area contributed by atoms with Gasteiger partial charge in [-0.25, -0.2) is 0 Å². The third-order valence-corrected chi connectivity index (χ3v) is 10.00. The molecule has 0 amide bonds. The third-order valence-electron chi connectivity index (χ3n) is 9.70. The molecule has 0 spiro atoms. The van der Waals surface area contributed by atoms with Crippen molar-refractivity contribution in [1.29, 1.82) is 0 Å². The van der Waals surface area contributed by atoms with Crippen LogP contribution in [-0.2, 0) is 0 Å². The van der Waals surface area contributed by atoms with Crippen LogP contribution in [0.15, 0.2) is 199 Å². The van der Waals surface area contributed by atoms with Gasteiger partial charge in [-0.3, -0.25) is 0 Å². The van der Waals surface area contributed by atoms with Crippen LogP contribution in [-0.4, -0.2) is 0 Å². The molecule has 0 heterocycles. The highest BCUT2D eigenvalue weighted by molar-refractivity contribution is 7.80. The fraction of sp³-hybridized carbons (Fsp3) is 0. The van der Waals surface area contributed by atoms with Crippen LogP contribution in [0.4, 0.5) is 17.1 Å². The van der Waals surface area contributed by atoms with Crippen LogP contribution >= 0.6 is 12.6 Å². The van der Waals surface area contributed by atoms with E-state index in [0.717, 1.165) is 22.0 Å². The van der Waals surface area contributed by atoms with Gasteiger partial charge in [0.1, 0.15) is 0 Å². The van der Waals surface area contributed by atoms with Crippen LogP contribution in [0.3, 0.4) is 0 Å². The van der Waals surface area contributed by atoms with Gasteiger partial charge in [0.2, 0.25) is 0 Å². The summed E-state index contributed by atoms with van der Waals surface area (Å²) >= 11 is 4.59. The molecular weight excluding hydrogens is 623 g/mol. The molecule has 236 valence electrons. The van der Waals surface area contributed by atoms with Crippen molar-refractivity contribution in [2.75, 3.05) is 4.90 Å². The highest BCUT2D eigenvalue weighted by Crippen LogP contribution is 2.50. The third kappa shape index (κ3) is 5.22. The summed E-state index contributed by atoms with van der Waals surface area (Å²) in [5, 5.41) is 7.47. The molecule has 0 bridgehead atoms. The quantitative estimate of drug-likeness (QED) is 0.138. The van der Waals surface area contributed by atoms with Gasteiger partial charge in [-0.15, -0.1) is 12.6 Å². The number of thiol groups is 1. The van der Waals surface area contributed by atoms with Gasteiger partial charge in [0, 0.05) is 22.0 Å². The lowest BCUT2D eigenvalue weighted by atomic mass is 9.81. The first-order chi connectivity index (χ1) is 24.7. The number of fused-ring (bicyclic) bond motifs is 6. The Hall–Kier alpha value is -6.09. The van der Waals surface area contributed by atoms with Crippen LogP contribution in [0.1, 0.15) is 0 Å².